The van der Waals surface area contributed by atoms with Crippen LogP contribution >= 0.6 is 0 Å². The molecule has 0 heterocycles. The fraction of sp³-hybridized carbons (Fsp3) is 0.591. The van der Waals surface area contributed by atoms with E-state index in [1.54, 1.807) is 24.3 Å². The number of carbonyl (C=O) groups is 3. The van der Waals surface area contributed by atoms with E-state index in [4.69, 9.17) is 14.2 Å². The van der Waals surface area contributed by atoms with E-state index < -0.39 is 24.5 Å². The maximum atomic E-state index is 12.1. The lowest BCUT2D eigenvalue weighted by Crippen LogP contribution is -2.37. The van der Waals surface area contributed by atoms with Crippen LogP contribution in [-0.4, -0.2) is 44.2 Å². The van der Waals surface area contributed by atoms with Crippen LogP contribution in [0.1, 0.15) is 50.4 Å². The molecule has 1 amide bonds. The molecular formula is C22H31NO6. The Morgan fingerprint density at radius 3 is 2.41 bits per heavy atom. The summed E-state index contributed by atoms with van der Waals surface area (Å²) in [5, 5.41) is 2.46. The summed E-state index contributed by atoms with van der Waals surface area (Å²) in [5.41, 5.74) is 0.393. The first-order chi connectivity index (χ1) is 13.8. The smallest absolute Gasteiger partial charge is 0.344 e. The molecule has 0 aliphatic heterocycles. The van der Waals surface area contributed by atoms with Gasteiger partial charge in [0.1, 0.15) is 18.4 Å². The fourth-order valence-corrected chi connectivity index (χ4v) is 3.64. The molecule has 3 atom stereocenters. The number of carbonyl (C=O) groups excluding carboxylic acids is 3. The van der Waals surface area contributed by atoms with Crippen LogP contribution in [0.3, 0.4) is 0 Å². The van der Waals surface area contributed by atoms with Gasteiger partial charge in [0.15, 0.2) is 6.61 Å². The monoisotopic (exact) mass is 405 g/mol. The average Bonchev–Trinajstić information content (AvgIpc) is 2.70. The van der Waals surface area contributed by atoms with E-state index in [1.165, 1.54) is 7.11 Å². The molecule has 1 aromatic carbocycles. The summed E-state index contributed by atoms with van der Waals surface area (Å²) in [6.07, 6.45) is 2.87. The summed E-state index contributed by atoms with van der Waals surface area (Å²) >= 11 is 0. The van der Waals surface area contributed by atoms with E-state index in [-0.39, 0.29) is 12.6 Å². The summed E-state index contributed by atoms with van der Waals surface area (Å²) in [4.78, 5) is 36.0. The Hall–Kier alpha value is -2.57. The molecule has 1 aliphatic carbocycles. The first-order valence-electron chi connectivity index (χ1n) is 10.1. The summed E-state index contributed by atoms with van der Waals surface area (Å²) in [6.45, 7) is 5.64. The Balaban J connectivity index is 1.73. The van der Waals surface area contributed by atoms with Crippen LogP contribution in [-0.2, 0) is 19.1 Å². The number of nitrogens with one attached hydrogen (secondary N) is 1. The first kappa shape index (κ1) is 22.7. The summed E-state index contributed by atoms with van der Waals surface area (Å²) in [6, 6.07) is 6.49. The minimum Gasteiger partial charge on any atom is -0.497 e. The van der Waals surface area contributed by atoms with Gasteiger partial charge in [-0.3, -0.25) is 9.59 Å². The molecule has 1 N–H and O–H groups in total. The van der Waals surface area contributed by atoms with Crippen molar-refractivity contribution in [2.75, 3.05) is 20.3 Å². The predicted octanol–water partition coefficient (Wildman–Crippen LogP) is 2.97. The van der Waals surface area contributed by atoms with Gasteiger partial charge in [0.05, 0.1) is 7.11 Å². The van der Waals surface area contributed by atoms with Crippen molar-refractivity contribution in [3.8, 4) is 5.75 Å². The SMILES string of the molecule is COc1ccc(C(=O)NCC(=O)OCC(=O)O[C@@H]2C[C@H](C)CC[C@@H]2C(C)C)cc1. The summed E-state index contributed by atoms with van der Waals surface area (Å²) < 4.78 is 15.6. The highest BCUT2D eigenvalue weighted by molar-refractivity contribution is 5.96. The van der Waals surface area contributed by atoms with Crippen molar-refractivity contribution in [1.29, 1.82) is 0 Å². The third kappa shape index (κ3) is 7.07. The quantitative estimate of drug-likeness (QED) is 0.669. The molecule has 29 heavy (non-hydrogen) atoms. The zero-order valence-electron chi connectivity index (χ0n) is 17.6. The lowest BCUT2D eigenvalue weighted by atomic mass is 9.75. The Bertz CT molecular complexity index is 700. The van der Waals surface area contributed by atoms with Crippen LogP contribution in [0.4, 0.5) is 0 Å². The van der Waals surface area contributed by atoms with Crippen LogP contribution in [0.2, 0.25) is 0 Å². The molecule has 0 saturated heterocycles. The molecule has 2 rings (SSSR count). The molecule has 1 saturated carbocycles. The molecule has 160 valence electrons. The number of rotatable bonds is 8. The standard InChI is InChI=1S/C22H31NO6/c1-14(2)18-10-5-15(3)11-19(18)29-21(25)13-28-20(24)12-23-22(26)16-6-8-17(27-4)9-7-16/h6-9,14-15,18-19H,5,10-13H2,1-4H3,(H,23,26)/t15-,18-,19-/m1/s1. The van der Waals surface area contributed by atoms with Gasteiger partial charge in [-0.2, -0.15) is 0 Å². The third-order valence-electron chi connectivity index (χ3n) is 5.34. The lowest BCUT2D eigenvalue weighted by molar-refractivity contribution is -0.166. The Morgan fingerprint density at radius 2 is 1.79 bits per heavy atom. The second-order valence-corrected chi connectivity index (χ2v) is 7.93. The van der Waals surface area contributed by atoms with Gasteiger partial charge >= 0.3 is 11.9 Å². The largest absolute Gasteiger partial charge is 0.497 e. The molecule has 7 heteroatoms. The number of amides is 1. The van der Waals surface area contributed by atoms with E-state index in [0.717, 1.165) is 19.3 Å². The van der Waals surface area contributed by atoms with E-state index in [2.05, 4.69) is 26.1 Å². The van der Waals surface area contributed by atoms with Crippen LogP contribution in [0, 0.1) is 17.8 Å². The molecule has 7 nitrogen and oxygen atoms in total. The maximum absolute atomic E-state index is 12.1. The highest BCUT2D eigenvalue weighted by Crippen LogP contribution is 2.35. The highest BCUT2D eigenvalue weighted by Gasteiger charge is 2.33. The third-order valence-corrected chi connectivity index (χ3v) is 5.34. The second kappa shape index (κ2) is 10.8. The molecule has 0 aromatic heterocycles. The van der Waals surface area contributed by atoms with Gasteiger partial charge < -0.3 is 19.5 Å². The number of esters is 2. The van der Waals surface area contributed by atoms with Crippen molar-refractivity contribution in [2.45, 2.75) is 46.1 Å². The van der Waals surface area contributed by atoms with Crippen LogP contribution in [0.15, 0.2) is 24.3 Å². The molecule has 1 aromatic rings. The Kier molecular flexibility index (Phi) is 8.49. The van der Waals surface area contributed by atoms with E-state index in [1.807, 2.05) is 0 Å². The van der Waals surface area contributed by atoms with Gasteiger partial charge in [0.2, 0.25) is 0 Å². The normalized spacial score (nSPS) is 21.3. The van der Waals surface area contributed by atoms with Crippen molar-refractivity contribution in [3.05, 3.63) is 29.8 Å². The summed E-state index contributed by atoms with van der Waals surface area (Å²) in [5.74, 6) is 0.240. The number of methoxy groups -OCH3 is 1. The van der Waals surface area contributed by atoms with Gasteiger partial charge in [-0.15, -0.1) is 0 Å². The highest BCUT2D eigenvalue weighted by atomic mass is 16.6. The minimum atomic E-state index is -0.693. The number of ether oxygens (including phenoxy) is 3. The van der Waals surface area contributed by atoms with Crippen molar-refractivity contribution < 1.29 is 28.6 Å². The fourth-order valence-electron chi connectivity index (χ4n) is 3.64. The number of benzene rings is 1. The van der Waals surface area contributed by atoms with Gasteiger partial charge in [0.25, 0.3) is 5.91 Å². The number of hydrogen-bond acceptors (Lipinski definition) is 6. The van der Waals surface area contributed by atoms with Gasteiger partial charge in [-0.1, -0.05) is 27.2 Å². The van der Waals surface area contributed by atoms with Gasteiger partial charge in [0, 0.05) is 5.56 Å². The van der Waals surface area contributed by atoms with Crippen molar-refractivity contribution in [2.24, 2.45) is 17.8 Å². The molecule has 1 fully saturated rings. The second-order valence-electron chi connectivity index (χ2n) is 7.93. The number of hydrogen-bond donors (Lipinski definition) is 1. The average molecular weight is 405 g/mol. The van der Waals surface area contributed by atoms with Crippen molar-refractivity contribution in [3.63, 3.8) is 0 Å². The van der Waals surface area contributed by atoms with Crippen LogP contribution in [0.5, 0.6) is 5.75 Å². The summed E-state index contributed by atoms with van der Waals surface area (Å²) in [7, 11) is 1.54. The van der Waals surface area contributed by atoms with Crippen LogP contribution < -0.4 is 10.1 Å². The topological polar surface area (TPSA) is 90.9 Å². The molecule has 1 aliphatic rings. The first-order valence-corrected chi connectivity index (χ1v) is 10.1. The molecule has 0 radical (unpaired) electrons. The van der Waals surface area contributed by atoms with Gasteiger partial charge in [-0.25, -0.2) is 4.79 Å². The molecule has 0 spiro atoms. The Morgan fingerprint density at radius 1 is 1.10 bits per heavy atom. The van der Waals surface area contributed by atoms with E-state index in [0.29, 0.717) is 29.1 Å². The van der Waals surface area contributed by atoms with Crippen LogP contribution in [0.25, 0.3) is 0 Å². The zero-order valence-corrected chi connectivity index (χ0v) is 17.6. The van der Waals surface area contributed by atoms with Crippen molar-refractivity contribution in [1.82, 2.24) is 5.32 Å². The van der Waals surface area contributed by atoms with Crippen molar-refractivity contribution >= 4 is 17.8 Å². The Labute approximate surface area is 172 Å². The van der Waals surface area contributed by atoms with E-state index in [9.17, 15) is 14.4 Å². The molecular weight excluding hydrogens is 374 g/mol. The van der Waals surface area contributed by atoms with Gasteiger partial charge in [-0.05, 0) is 54.9 Å². The lowest BCUT2D eigenvalue weighted by Gasteiger charge is -2.36. The maximum Gasteiger partial charge on any atom is 0.344 e. The van der Waals surface area contributed by atoms with E-state index >= 15 is 0 Å². The predicted molar refractivity (Wildman–Crippen MR) is 108 cm³/mol. The molecule has 0 unspecified atom stereocenters. The zero-order chi connectivity index (χ0) is 21.4. The molecule has 0 bridgehead atoms. The minimum absolute atomic E-state index is 0.139.